The maximum Gasteiger partial charge on any atom is 0.257 e. The third kappa shape index (κ3) is 5.65. The minimum absolute atomic E-state index is 0.0181. The number of aliphatic hydroxyl groups is 2. The molecule has 1 aliphatic rings. The highest BCUT2D eigenvalue weighted by Crippen LogP contribution is 2.23. The van der Waals surface area contributed by atoms with Crippen LogP contribution in [0.3, 0.4) is 0 Å². The molecule has 1 unspecified atom stereocenters. The molecule has 1 aromatic rings. The van der Waals surface area contributed by atoms with Gasteiger partial charge in [-0.2, -0.15) is 4.98 Å². The van der Waals surface area contributed by atoms with Crippen LogP contribution < -0.4 is 33.4 Å². The monoisotopic (exact) mass is 396 g/mol. The summed E-state index contributed by atoms with van der Waals surface area (Å²) >= 11 is 0. The van der Waals surface area contributed by atoms with E-state index in [0.717, 1.165) is 0 Å². The number of aromatic nitrogens is 2. The number of carbonyl (C=O) groups is 1. The number of hydrogen-bond acceptors (Lipinski definition) is 8. The van der Waals surface area contributed by atoms with Crippen LogP contribution >= 0.6 is 0 Å². The van der Waals surface area contributed by atoms with E-state index < -0.39 is 29.7 Å². The Morgan fingerprint density at radius 2 is 2.14 bits per heavy atom. The van der Waals surface area contributed by atoms with E-state index in [-0.39, 0.29) is 24.2 Å². The van der Waals surface area contributed by atoms with Crippen molar-refractivity contribution in [1.29, 1.82) is 0 Å². The molecule has 0 saturated carbocycles. The van der Waals surface area contributed by atoms with Crippen molar-refractivity contribution in [2.24, 2.45) is 28.1 Å². The lowest BCUT2D eigenvalue weighted by Gasteiger charge is -2.30. The van der Waals surface area contributed by atoms with Gasteiger partial charge in [0.05, 0.1) is 23.8 Å². The molecule has 1 amide bonds. The number of amides is 1. The highest BCUT2D eigenvalue weighted by molar-refractivity contribution is 5.93. The van der Waals surface area contributed by atoms with Crippen molar-refractivity contribution in [3.63, 3.8) is 0 Å². The average molecular weight is 396 g/mol. The van der Waals surface area contributed by atoms with Gasteiger partial charge >= 0.3 is 0 Å². The van der Waals surface area contributed by atoms with E-state index in [1.54, 1.807) is 0 Å². The average Bonchev–Trinajstić information content (AvgIpc) is 2.63. The highest BCUT2D eigenvalue weighted by atomic mass is 16.3. The summed E-state index contributed by atoms with van der Waals surface area (Å²) in [5, 5.41) is 25.0. The smallest absolute Gasteiger partial charge is 0.257 e. The van der Waals surface area contributed by atoms with Crippen LogP contribution in [0.15, 0.2) is 9.79 Å². The Labute approximate surface area is 161 Å². The van der Waals surface area contributed by atoms with E-state index in [1.807, 2.05) is 0 Å². The van der Waals surface area contributed by atoms with E-state index in [9.17, 15) is 19.8 Å². The maximum atomic E-state index is 12.3. The van der Waals surface area contributed by atoms with Gasteiger partial charge in [0, 0.05) is 19.0 Å². The van der Waals surface area contributed by atoms with Crippen molar-refractivity contribution in [3.8, 4) is 0 Å². The molecule has 12 nitrogen and oxygen atoms in total. The van der Waals surface area contributed by atoms with Gasteiger partial charge in [-0.25, -0.2) is 0 Å². The van der Waals surface area contributed by atoms with Gasteiger partial charge in [0.2, 0.25) is 11.9 Å². The van der Waals surface area contributed by atoms with Gasteiger partial charge in [-0.05, 0) is 26.2 Å². The molecule has 2 rings (SSSR count). The van der Waals surface area contributed by atoms with Gasteiger partial charge in [0.1, 0.15) is 5.82 Å². The molecule has 28 heavy (non-hydrogen) atoms. The lowest BCUT2D eigenvalue weighted by Crippen LogP contribution is -2.41. The fraction of sp³-hybridized carbons (Fsp3) is 0.625. The highest BCUT2D eigenvalue weighted by Gasteiger charge is 2.30. The molecule has 0 bridgehead atoms. The number of nitrogens with one attached hydrogen (secondary N) is 3. The molecule has 0 spiro atoms. The van der Waals surface area contributed by atoms with Crippen LogP contribution in [0, 0.1) is 5.92 Å². The molecule has 0 aliphatic carbocycles. The zero-order chi connectivity index (χ0) is 20.8. The Hall–Kier alpha value is -2.70. The Kier molecular flexibility index (Phi) is 7.31. The SMILES string of the molecule is C[C@H](O)[C@H](O)C1CNc2nc(NC(=O)[C@@H](N)CCCN=C(N)N)[nH]c(=O)c2C1. The van der Waals surface area contributed by atoms with Gasteiger partial charge in [-0.3, -0.25) is 24.9 Å². The van der Waals surface area contributed by atoms with Crippen molar-refractivity contribution >= 4 is 23.6 Å². The minimum Gasteiger partial charge on any atom is -0.391 e. The summed E-state index contributed by atoms with van der Waals surface area (Å²) in [5.74, 6) is -0.532. The first-order chi connectivity index (χ1) is 13.2. The zero-order valence-corrected chi connectivity index (χ0v) is 15.7. The lowest BCUT2D eigenvalue weighted by atomic mass is 9.89. The first-order valence-electron chi connectivity index (χ1n) is 9.04. The summed E-state index contributed by atoms with van der Waals surface area (Å²) in [6.45, 7) is 2.19. The molecule has 2 heterocycles. The fourth-order valence-electron chi connectivity index (χ4n) is 2.95. The number of fused-ring (bicyclic) bond motifs is 1. The number of aliphatic imine (C=N–C) groups is 1. The first-order valence-corrected chi connectivity index (χ1v) is 9.04. The van der Waals surface area contributed by atoms with E-state index in [4.69, 9.17) is 17.2 Å². The van der Waals surface area contributed by atoms with Crippen molar-refractivity contribution < 1.29 is 15.0 Å². The van der Waals surface area contributed by atoms with Crippen LogP contribution in [0.25, 0.3) is 0 Å². The maximum absolute atomic E-state index is 12.3. The molecule has 0 aromatic carbocycles. The number of nitrogens with two attached hydrogens (primary N) is 3. The number of carbonyl (C=O) groups excluding carboxylic acids is 1. The number of anilines is 2. The summed E-state index contributed by atoms with van der Waals surface area (Å²) in [6, 6.07) is -0.811. The predicted octanol–water partition coefficient (Wildman–Crippen LogP) is -2.58. The number of H-pyrrole nitrogens is 1. The first kappa shape index (κ1) is 21.6. The van der Waals surface area contributed by atoms with Gasteiger partial charge in [0.15, 0.2) is 5.96 Å². The van der Waals surface area contributed by atoms with Crippen LogP contribution in [-0.4, -0.2) is 63.4 Å². The molecular weight excluding hydrogens is 368 g/mol. The van der Waals surface area contributed by atoms with E-state index in [1.165, 1.54) is 6.92 Å². The lowest BCUT2D eigenvalue weighted by molar-refractivity contribution is -0.117. The van der Waals surface area contributed by atoms with Crippen LogP contribution in [0.1, 0.15) is 25.3 Å². The van der Waals surface area contributed by atoms with Gasteiger partial charge < -0.3 is 32.7 Å². The molecule has 0 fully saturated rings. The van der Waals surface area contributed by atoms with Crippen LogP contribution in [0.2, 0.25) is 0 Å². The van der Waals surface area contributed by atoms with E-state index in [2.05, 4.69) is 25.6 Å². The number of hydrogen-bond donors (Lipinski definition) is 8. The molecule has 0 radical (unpaired) electrons. The second-order valence-electron chi connectivity index (χ2n) is 6.86. The zero-order valence-electron chi connectivity index (χ0n) is 15.7. The standard InChI is InChI=1S/C16H28N8O4/c1-7(25)11(26)8-5-9-12(21-6-8)22-16(23-13(9)27)24-14(28)10(17)3-2-4-20-15(18)19/h7-8,10-11,25-26H,2-6,17H2,1H3,(H4,18,19,20)(H3,21,22,23,24,27,28)/t7-,8?,10-,11-/m0/s1. The van der Waals surface area contributed by atoms with Gasteiger partial charge in [0.25, 0.3) is 5.56 Å². The minimum atomic E-state index is -0.962. The van der Waals surface area contributed by atoms with Crippen molar-refractivity contribution in [2.45, 2.75) is 44.4 Å². The third-order valence-electron chi connectivity index (χ3n) is 4.54. The van der Waals surface area contributed by atoms with Crippen molar-refractivity contribution in [2.75, 3.05) is 23.7 Å². The quantitative estimate of drug-likeness (QED) is 0.131. The summed E-state index contributed by atoms with van der Waals surface area (Å²) in [6.07, 6.45) is -0.733. The molecule has 0 saturated heterocycles. The van der Waals surface area contributed by atoms with Crippen LogP contribution in [0.4, 0.5) is 11.8 Å². The molecule has 1 aromatic heterocycles. The topological polar surface area (TPSA) is 218 Å². The van der Waals surface area contributed by atoms with E-state index in [0.29, 0.717) is 37.3 Å². The molecule has 156 valence electrons. The van der Waals surface area contributed by atoms with Gasteiger partial charge in [-0.15, -0.1) is 0 Å². The second kappa shape index (κ2) is 9.48. The Balaban J connectivity index is 1.99. The number of aliphatic hydroxyl groups excluding tert-OH is 2. The Morgan fingerprint density at radius 1 is 1.43 bits per heavy atom. The summed E-state index contributed by atoms with van der Waals surface area (Å²) < 4.78 is 0. The van der Waals surface area contributed by atoms with Crippen LogP contribution in [0.5, 0.6) is 0 Å². The molecular formula is C16H28N8O4. The van der Waals surface area contributed by atoms with Crippen molar-refractivity contribution in [1.82, 2.24) is 9.97 Å². The Morgan fingerprint density at radius 3 is 2.79 bits per heavy atom. The normalized spacial score (nSPS) is 18.9. The third-order valence-corrected chi connectivity index (χ3v) is 4.54. The summed E-state index contributed by atoms with van der Waals surface area (Å²) in [5.41, 5.74) is 16.2. The largest absolute Gasteiger partial charge is 0.391 e. The second-order valence-corrected chi connectivity index (χ2v) is 6.86. The number of guanidine groups is 1. The number of aromatic amines is 1. The van der Waals surface area contributed by atoms with Crippen LogP contribution in [-0.2, 0) is 11.2 Å². The summed E-state index contributed by atoms with van der Waals surface area (Å²) in [4.78, 5) is 35.0. The Bertz CT molecular complexity index is 774. The molecule has 12 heteroatoms. The van der Waals surface area contributed by atoms with E-state index >= 15 is 0 Å². The molecule has 1 aliphatic heterocycles. The van der Waals surface area contributed by atoms with Gasteiger partial charge in [-0.1, -0.05) is 0 Å². The summed E-state index contributed by atoms with van der Waals surface area (Å²) in [7, 11) is 0. The number of rotatable bonds is 8. The predicted molar refractivity (Wildman–Crippen MR) is 105 cm³/mol. The molecule has 4 atom stereocenters. The molecule has 11 N–H and O–H groups in total. The number of nitrogens with zero attached hydrogens (tertiary/aromatic N) is 2. The fourth-order valence-corrected chi connectivity index (χ4v) is 2.95. The van der Waals surface area contributed by atoms with Crippen molar-refractivity contribution in [3.05, 3.63) is 15.9 Å².